The van der Waals surface area contributed by atoms with E-state index >= 15 is 0 Å². The molecule has 0 aliphatic heterocycles. The number of aryl methyl sites for hydroxylation is 1. The Balaban J connectivity index is 1.31. The number of carbonyl (C=O) groups excluding carboxylic acids is 1. The average Bonchev–Trinajstić information content (AvgIpc) is 3.24. The molecule has 1 aliphatic carbocycles. The fraction of sp³-hybridized carbons (Fsp3) is 0.278. The molecular formula is C18H20N6O. The second kappa shape index (κ2) is 6.80. The molecule has 1 unspecified atom stereocenters. The zero-order chi connectivity index (χ0) is 17.1. The predicted octanol–water partition coefficient (Wildman–Crippen LogP) is 2.33. The zero-order valence-corrected chi connectivity index (χ0v) is 13.8. The third-order valence-electron chi connectivity index (χ3n) is 4.43. The van der Waals surface area contributed by atoms with Gasteiger partial charge in [0.25, 0.3) is 0 Å². The number of H-pyrrole nitrogens is 1. The van der Waals surface area contributed by atoms with Crippen molar-refractivity contribution in [3.63, 3.8) is 0 Å². The SMILES string of the molecule is O=C(Nc1cnn(Cc2ccccc2)c1)NC1CCc2[nH]ncc2C1. The number of amides is 2. The largest absolute Gasteiger partial charge is 0.335 e. The molecule has 7 nitrogen and oxygen atoms in total. The van der Waals surface area contributed by atoms with Crippen LogP contribution in [0.5, 0.6) is 0 Å². The number of aromatic amines is 1. The van der Waals surface area contributed by atoms with Crippen molar-refractivity contribution in [1.82, 2.24) is 25.3 Å². The molecule has 128 valence electrons. The van der Waals surface area contributed by atoms with Crippen molar-refractivity contribution in [2.45, 2.75) is 31.8 Å². The van der Waals surface area contributed by atoms with E-state index in [0.29, 0.717) is 12.2 Å². The molecule has 1 aromatic carbocycles. The number of aromatic nitrogens is 4. The van der Waals surface area contributed by atoms with Gasteiger partial charge >= 0.3 is 6.03 Å². The smallest absolute Gasteiger partial charge is 0.319 e. The van der Waals surface area contributed by atoms with Gasteiger partial charge in [-0.15, -0.1) is 0 Å². The molecule has 0 saturated carbocycles. The highest BCUT2D eigenvalue weighted by atomic mass is 16.2. The van der Waals surface area contributed by atoms with Crippen LogP contribution < -0.4 is 10.6 Å². The first kappa shape index (κ1) is 15.4. The molecule has 0 fully saturated rings. The summed E-state index contributed by atoms with van der Waals surface area (Å²) in [5.41, 5.74) is 4.22. The van der Waals surface area contributed by atoms with Crippen LogP contribution in [0.1, 0.15) is 23.2 Å². The van der Waals surface area contributed by atoms with Crippen molar-refractivity contribution in [3.8, 4) is 0 Å². The van der Waals surface area contributed by atoms with Crippen LogP contribution in [0.15, 0.2) is 48.9 Å². The molecule has 25 heavy (non-hydrogen) atoms. The summed E-state index contributed by atoms with van der Waals surface area (Å²) >= 11 is 0. The number of urea groups is 1. The van der Waals surface area contributed by atoms with Crippen LogP contribution in [-0.2, 0) is 19.4 Å². The summed E-state index contributed by atoms with van der Waals surface area (Å²) in [5, 5.41) is 17.2. The summed E-state index contributed by atoms with van der Waals surface area (Å²) in [5.74, 6) is 0. The molecule has 4 rings (SSSR count). The van der Waals surface area contributed by atoms with Gasteiger partial charge in [0.15, 0.2) is 0 Å². The van der Waals surface area contributed by atoms with E-state index in [0.717, 1.165) is 19.3 Å². The number of hydrogen-bond acceptors (Lipinski definition) is 3. The average molecular weight is 336 g/mol. The van der Waals surface area contributed by atoms with Crippen LogP contribution in [0.3, 0.4) is 0 Å². The maximum Gasteiger partial charge on any atom is 0.319 e. The van der Waals surface area contributed by atoms with Crippen molar-refractivity contribution in [2.24, 2.45) is 0 Å². The first-order valence-corrected chi connectivity index (χ1v) is 8.41. The lowest BCUT2D eigenvalue weighted by molar-refractivity contribution is 0.247. The second-order valence-electron chi connectivity index (χ2n) is 6.32. The van der Waals surface area contributed by atoms with Crippen LogP contribution in [0, 0.1) is 0 Å². The predicted molar refractivity (Wildman–Crippen MR) is 94.3 cm³/mol. The Morgan fingerprint density at radius 2 is 2.16 bits per heavy atom. The molecule has 2 amide bonds. The van der Waals surface area contributed by atoms with Crippen LogP contribution in [-0.4, -0.2) is 32.1 Å². The van der Waals surface area contributed by atoms with Gasteiger partial charge in [-0.3, -0.25) is 9.78 Å². The molecule has 0 radical (unpaired) electrons. The van der Waals surface area contributed by atoms with E-state index in [1.165, 1.54) is 16.8 Å². The van der Waals surface area contributed by atoms with Gasteiger partial charge in [0.2, 0.25) is 0 Å². The summed E-state index contributed by atoms with van der Waals surface area (Å²) in [6, 6.07) is 10.0. The standard InChI is InChI=1S/C18H20N6O/c25-18(21-15-6-7-17-14(8-15)9-19-23-17)22-16-10-20-24(12-16)11-13-4-2-1-3-5-13/h1-5,9-10,12,15H,6-8,11H2,(H,19,23)(H2,21,22,25). The van der Waals surface area contributed by atoms with E-state index in [1.807, 2.05) is 35.3 Å². The molecule has 3 N–H and O–H groups in total. The minimum atomic E-state index is -0.198. The molecule has 3 aromatic rings. The Morgan fingerprint density at radius 3 is 3.04 bits per heavy atom. The molecule has 1 aliphatic rings. The molecule has 7 heteroatoms. The van der Waals surface area contributed by atoms with Crippen molar-refractivity contribution < 1.29 is 4.79 Å². The molecule has 0 saturated heterocycles. The Bertz CT molecular complexity index is 853. The van der Waals surface area contributed by atoms with Gasteiger partial charge in [0, 0.05) is 17.9 Å². The number of rotatable bonds is 4. The third-order valence-corrected chi connectivity index (χ3v) is 4.43. The Labute approximate surface area is 145 Å². The number of fused-ring (bicyclic) bond motifs is 1. The number of nitrogens with zero attached hydrogens (tertiary/aromatic N) is 3. The number of carbonyl (C=O) groups is 1. The first-order chi connectivity index (χ1) is 12.3. The van der Waals surface area contributed by atoms with Gasteiger partial charge < -0.3 is 10.6 Å². The fourth-order valence-electron chi connectivity index (χ4n) is 3.18. The molecule has 2 heterocycles. The summed E-state index contributed by atoms with van der Waals surface area (Å²) in [7, 11) is 0. The monoisotopic (exact) mass is 336 g/mol. The molecule has 2 aromatic heterocycles. The van der Waals surface area contributed by atoms with E-state index in [9.17, 15) is 4.79 Å². The number of benzene rings is 1. The maximum atomic E-state index is 12.2. The van der Waals surface area contributed by atoms with Crippen molar-refractivity contribution in [3.05, 3.63) is 65.7 Å². The van der Waals surface area contributed by atoms with E-state index in [4.69, 9.17) is 0 Å². The van der Waals surface area contributed by atoms with E-state index in [1.54, 1.807) is 6.20 Å². The first-order valence-electron chi connectivity index (χ1n) is 8.41. The van der Waals surface area contributed by atoms with Crippen molar-refractivity contribution in [2.75, 3.05) is 5.32 Å². The summed E-state index contributed by atoms with van der Waals surface area (Å²) < 4.78 is 1.81. The van der Waals surface area contributed by atoms with Gasteiger partial charge in [-0.1, -0.05) is 30.3 Å². The van der Waals surface area contributed by atoms with E-state index in [2.05, 4.69) is 38.1 Å². The third kappa shape index (κ3) is 3.71. The number of nitrogens with one attached hydrogen (secondary N) is 3. The normalized spacial score (nSPS) is 16.2. The van der Waals surface area contributed by atoms with Crippen LogP contribution >= 0.6 is 0 Å². The van der Waals surface area contributed by atoms with E-state index in [-0.39, 0.29) is 12.1 Å². The van der Waals surface area contributed by atoms with Gasteiger partial charge in [0.05, 0.1) is 24.6 Å². The summed E-state index contributed by atoms with van der Waals surface area (Å²) in [6.45, 7) is 0.677. The highest BCUT2D eigenvalue weighted by molar-refractivity contribution is 5.89. The second-order valence-corrected chi connectivity index (χ2v) is 6.32. The van der Waals surface area contributed by atoms with Crippen LogP contribution in [0.25, 0.3) is 0 Å². The Kier molecular flexibility index (Phi) is 4.20. The lowest BCUT2D eigenvalue weighted by Crippen LogP contribution is -2.41. The lowest BCUT2D eigenvalue weighted by Gasteiger charge is -2.22. The van der Waals surface area contributed by atoms with E-state index < -0.39 is 0 Å². The molecule has 0 spiro atoms. The van der Waals surface area contributed by atoms with Gasteiger partial charge in [0.1, 0.15) is 0 Å². The van der Waals surface area contributed by atoms with Crippen LogP contribution in [0.4, 0.5) is 10.5 Å². The molecular weight excluding hydrogens is 316 g/mol. The zero-order valence-electron chi connectivity index (χ0n) is 13.8. The van der Waals surface area contributed by atoms with Gasteiger partial charge in [-0.25, -0.2) is 4.79 Å². The minimum absolute atomic E-state index is 0.129. The molecule has 0 bridgehead atoms. The Hall–Kier alpha value is -3.09. The highest BCUT2D eigenvalue weighted by Crippen LogP contribution is 2.19. The summed E-state index contributed by atoms with van der Waals surface area (Å²) in [4.78, 5) is 12.2. The highest BCUT2D eigenvalue weighted by Gasteiger charge is 2.21. The molecule has 1 atom stereocenters. The van der Waals surface area contributed by atoms with Gasteiger partial charge in [-0.2, -0.15) is 10.2 Å². The topological polar surface area (TPSA) is 87.6 Å². The minimum Gasteiger partial charge on any atom is -0.335 e. The van der Waals surface area contributed by atoms with Crippen LogP contribution in [0.2, 0.25) is 0 Å². The number of hydrogen-bond donors (Lipinski definition) is 3. The summed E-state index contributed by atoms with van der Waals surface area (Å²) in [6.07, 6.45) is 7.98. The number of anilines is 1. The Morgan fingerprint density at radius 1 is 1.28 bits per heavy atom. The van der Waals surface area contributed by atoms with Crippen molar-refractivity contribution in [1.29, 1.82) is 0 Å². The lowest BCUT2D eigenvalue weighted by atomic mass is 9.94. The fourth-order valence-corrected chi connectivity index (χ4v) is 3.18. The maximum absolute atomic E-state index is 12.2. The van der Waals surface area contributed by atoms with Crippen molar-refractivity contribution >= 4 is 11.7 Å². The quantitative estimate of drug-likeness (QED) is 0.683. The van der Waals surface area contributed by atoms with Gasteiger partial charge in [-0.05, 0) is 30.4 Å².